The van der Waals surface area contributed by atoms with Crippen LogP contribution in [0.25, 0.3) is 5.76 Å². The predicted molar refractivity (Wildman–Crippen MR) is 112 cm³/mol. The Morgan fingerprint density at radius 1 is 1.20 bits per heavy atom. The van der Waals surface area contributed by atoms with Crippen LogP contribution < -0.4 is 4.74 Å². The summed E-state index contributed by atoms with van der Waals surface area (Å²) in [5, 5.41) is 11.5. The number of ketones is 1. The van der Waals surface area contributed by atoms with Crippen LogP contribution in [-0.4, -0.2) is 48.1 Å². The van der Waals surface area contributed by atoms with Gasteiger partial charge in [0, 0.05) is 29.3 Å². The van der Waals surface area contributed by atoms with E-state index in [-0.39, 0.29) is 24.0 Å². The van der Waals surface area contributed by atoms with Crippen LogP contribution in [0.4, 0.5) is 0 Å². The summed E-state index contributed by atoms with van der Waals surface area (Å²) in [7, 11) is 1.53. The van der Waals surface area contributed by atoms with Crippen molar-refractivity contribution in [1.29, 1.82) is 0 Å². The molecule has 0 radical (unpaired) electrons. The second kappa shape index (κ2) is 8.50. The predicted octanol–water partition coefficient (Wildman–Crippen LogP) is 3.95. The summed E-state index contributed by atoms with van der Waals surface area (Å²) < 4.78 is 11.2. The Balaban J connectivity index is 1.86. The number of rotatable bonds is 5. The molecule has 2 aliphatic rings. The maximum Gasteiger partial charge on any atom is 0.295 e. The Bertz CT molecular complexity index is 995. The molecule has 2 aromatic rings. The molecule has 2 aromatic carbocycles. The number of carbonyl (C=O) groups excluding carboxylic acids is 2. The molecule has 0 aliphatic carbocycles. The van der Waals surface area contributed by atoms with Gasteiger partial charge in [0.05, 0.1) is 24.8 Å². The molecular weight excluding hydrogens is 406 g/mol. The standard InChI is InChI=1S/C23H22ClNO5/c1-29-18-7-3-2-6-17(18)20-19(21(26)14-8-10-15(24)11-9-14)22(27)23(28)25(20)13-16-5-4-12-30-16/h2-3,6-11,16,20,26H,4-5,12-13H2,1H3/b21-19+/t16-,20+/m0/s1. The summed E-state index contributed by atoms with van der Waals surface area (Å²) in [4.78, 5) is 27.5. The monoisotopic (exact) mass is 427 g/mol. The van der Waals surface area contributed by atoms with Crippen LogP contribution in [0.15, 0.2) is 54.1 Å². The maximum absolute atomic E-state index is 13.0. The van der Waals surface area contributed by atoms with E-state index in [9.17, 15) is 14.7 Å². The highest BCUT2D eigenvalue weighted by atomic mass is 35.5. The summed E-state index contributed by atoms with van der Waals surface area (Å²) >= 11 is 5.95. The first-order chi connectivity index (χ1) is 14.5. The highest BCUT2D eigenvalue weighted by Gasteiger charge is 2.47. The largest absolute Gasteiger partial charge is 0.507 e. The second-order valence-corrected chi connectivity index (χ2v) is 7.77. The van der Waals surface area contributed by atoms with Gasteiger partial charge in [-0.1, -0.05) is 29.8 Å². The summed E-state index contributed by atoms with van der Waals surface area (Å²) in [6, 6.07) is 12.9. The zero-order valence-electron chi connectivity index (χ0n) is 16.5. The number of nitrogens with zero attached hydrogens (tertiary/aromatic N) is 1. The minimum Gasteiger partial charge on any atom is -0.507 e. The van der Waals surface area contributed by atoms with Gasteiger partial charge in [0.15, 0.2) is 0 Å². The van der Waals surface area contributed by atoms with Gasteiger partial charge in [-0.25, -0.2) is 0 Å². The molecule has 1 amide bonds. The average Bonchev–Trinajstić information content (AvgIpc) is 3.36. The van der Waals surface area contributed by atoms with Gasteiger partial charge < -0.3 is 19.5 Å². The third-order valence-corrected chi connectivity index (χ3v) is 5.77. The summed E-state index contributed by atoms with van der Waals surface area (Å²) in [6.07, 6.45) is 1.59. The summed E-state index contributed by atoms with van der Waals surface area (Å²) in [5.41, 5.74) is 1.08. The molecule has 2 saturated heterocycles. The Morgan fingerprint density at radius 2 is 1.93 bits per heavy atom. The van der Waals surface area contributed by atoms with Crippen molar-refractivity contribution in [2.75, 3.05) is 20.3 Å². The normalized spacial score (nSPS) is 23.2. The first-order valence-corrected chi connectivity index (χ1v) is 10.2. The third kappa shape index (κ3) is 3.68. The quantitative estimate of drug-likeness (QED) is 0.444. The lowest BCUT2D eigenvalue weighted by atomic mass is 9.94. The molecule has 1 N–H and O–H groups in total. The number of carbonyl (C=O) groups is 2. The number of aliphatic hydroxyl groups is 1. The van der Waals surface area contributed by atoms with E-state index in [0.29, 0.717) is 28.5 Å². The smallest absolute Gasteiger partial charge is 0.295 e. The van der Waals surface area contributed by atoms with Gasteiger partial charge >= 0.3 is 0 Å². The molecule has 0 unspecified atom stereocenters. The fourth-order valence-electron chi connectivity index (χ4n) is 4.05. The Kier molecular flexibility index (Phi) is 5.79. The lowest BCUT2D eigenvalue weighted by Gasteiger charge is -2.28. The maximum atomic E-state index is 13.0. The number of methoxy groups -OCH3 is 1. The van der Waals surface area contributed by atoms with Crippen molar-refractivity contribution < 1.29 is 24.2 Å². The number of Topliss-reactive ketones (excluding diaryl/α,β-unsaturated/α-hetero) is 1. The second-order valence-electron chi connectivity index (χ2n) is 7.34. The van der Waals surface area contributed by atoms with Crippen molar-refractivity contribution in [2.24, 2.45) is 0 Å². The van der Waals surface area contributed by atoms with Crippen LogP contribution in [0, 0.1) is 0 Å². The number of likely N-dealkylation sites (tertiary alicyclic amines) is 1. The van der Waals surface area contributed by atoms with E-state index >= 15 is 0 Å². The van der Waals surface area contributed by atoms with Gasteiger partial charge in [-0.2, -0.15) is 0 Å². The first kappa shape index (κ1) is 20.4. The number of benzene rings is 2. The van der Waals surface area contributed by atoms with E-state index in [0.717, 1.165) is 12.8 Å². The number of ether oxygens (including phenoxy) is 2. The van der Waals surface area contributed by atoms with Crippen LogP contribution in [0.3, 0.4) is 0 Å². The van der Waals surface area contributed by atoms with E-state index in [4.69, 9.17) is 21.1 Å². The van der Waals surface area contributed by atoms with Crippen LogP contribution in [0.1, 0.15) is 30.0 Å². The van der Waals surface area contributed by atoms with Crippen LogP contribution in [-0.2, 0) is 14.3 Å². The molecule has 2 heterocycles. The van der Waals surface area contributed by atoms with Crippen molar-refractivity contribution in [1.82, 2.24) is 4.90 Å². The molecule has 30 heavy (non-hydrogen) atoms. The van der Waals surface area contributed by atoms with Crippen molar-refractivity contribution in [3.63, 3.8) is 0 Å². The van der Waals surface area contributed by atoms with Crippen molar-refractivity contribution in [2.45, 2.75) is 25.0 Å². The lowest BCUT2D eigenvalue weighted by molar-refractivity contribution is -0.140. The molecular formula is C23H22ClNO5. The molecule has 4 rings (SSSR count). The van der Waals surface area contributed by atoms with E-state index in [1.807, 2.05) is 12.1 Å². The topological polar surface area (TPSA) is 76.1 Å². The van der Waals surface area contributed by atoms with E-state index < -0.39 is 17.7 Å². The molecule has 6 nitrogen and oxygen atoms in total. The molecule has 156 valence electrons. The van der Waals surface area contributed by atoms with E-state index in [1.54, 1.807) is 36.4 Å². The molecule has 2 atom stereocenters. The van der Waals surface area contributed by atoms with Gasteiger partial charge in [-0.15, -0.1) is 0 Å². The Labute approximate surface area is 179 Å². The molecule has 0 bridgehead atoms. The van der Waals surface area contributed by atoms with Crippen LogP contribution >= 0.6 is 11.6 Å². The SMILES string of the molecule is COc1ccccc1[C@@H]1/C(=C(\O)c2ccc(Cl)cc2)C(=O)C(=O)N1C[C@@H]1CCCO1. The van der Waals surface area contributed by atoms with Crippen molar-refractivity contribution in [3.8, 4) is 5.75 Å². The molecule has 0 aromatic heterocycles. The van der Waals surface area contributed by atoms with Gasteiger partial charge in [0.25, 0.3) is 11.7 Å². The zero-order chi connectivity index (χ0) is 21.3. The molecule has 2 fully saturated rings. The number of halogens is 1. The first-order valence-electron chi connectivity index (χ1n) is 9.80. The van der Waals surface area contributed by atoms with E-state index in [1.165, 1.54) is 12.0 Å². The number of amides is 1. The number of para-hydroxylation sites is 1. The lowest BCUT2D eigenvalue weighted by Crippen LogP contribution is -2.36. The molecule has 7 heteroatoms. The fourth-order valence-corrected chi connectivity index (χ4v) is 4.18. The van der Waals surface area contributed by atoms with Gasteiger partial charge in [-0.3, -0.25) is 9.59 Å². The minimum absolute atomic E-state index is 0.0322. The van der Waals surface area contributed by atoms with Gasteiger partial charge in [0.2, 0.25) is 0 Å². The van der Waals surface area contributed by atoms with Crippen LogP contribution in [0.5, 0.6) is 5.75 Å². The zero-order valence-corrected chi connectivity index (χ0v) is 17.3. The minimum atomic E-state index is -0.777. The Morgan fingerprint density at radius 3 is 2.60 bits per heavy atom. The molecule has 2 aliphatic heterocycles. The fraction of sp³-hybridized carbons (Fsp3) is 0.304. The number of hydrogen-bond donors (Lipinski definition) is 1. The average molecular weight is 428 g/mol. The van der Waals surface area contributed by atoms with Crippen LogP contribution in [0.2, 0.25) is 5.02 Å². The van der Waals surface area contributed by atoms with Crippen molar-refractivity contribution in [3.05, 3.63) is 70.3 Å². The number of hydrogen-bond acceptors (Lipinski definition) is 5. The molecule has 0 spiro atoms. The Hall–Kier alpha value is -2.83. The number of aliphatic hydroxyl groups excluding tert-OH is 1. The third-order valence-electron chi connectivity index (χ3n) is 5.52. The van der Waals surface area contributed by atoms with Crippen molar-refractivity contribution >= 4 is 29.1 Å². The van der Waals surface area contributed by atoms with Gasteiger partial charge in [-0.05, 0) is 43.2 Å². The van der Waals surface area contributed by atoms with Gasteiger partial charge in [0.1, 0.15) is 11.5 Å². The highest BCUT2D eigenvalue weighted by molar-refractivity contribution is 6.46. The summed E-state index contributed by atoms with van der Waals surface area (Å²) in [6.45, 7) is 0.906. The summed E-state index contributed by atoms with van der Waals surface area (Å²) in [5.74, 6) is -1.09. The van der Waals surface area contributed by atoms with E-state index in [2.05, 4.69) is 0 Å². The molecule has 0 saturated carbocycles. The highest BCUT2D eigenvalue weighted by Crippen LogP contribution is 2.43.